The summed E-state index contributed by atoms with van der Waals surface area (Å²) in [5.41, 5.74) is 3.32. The highest BCUT2D eigenvalue weighted by atomic mass is 19.1. The number of para-hydroxylation sites is 1. The molecule has 33 heavy (non-hydrogen) atoms. The van der Waals surface area contributed by atoms with Crippen molar-refractivity contribution in [2.75, 3.05) is 20.2 Å². The van der Waals surface area contributed by atoms with Gasteiger partial charge in [0.1, 0.15) is 29.4 Å². The number of nitrogens with zero attached hydrogens (tertiary/aromatic N) is 6. The number of hydrogen-bond acceptors (Lipinski definition) is 5. The molecular formula is C25H27FN6O. The van der Waals surface area contributed by atoms with Gasteiger partial charge >= 0.3 is 0 Å². The Morgan fingerprint density at radius 1 is 1.12 bits per heavy atom. The number of benzene rings is 2. The minimum absolute atomic E-state index is 0.298. The summed E-state index contributed by atoms with van der Waals surface area (Å²) in [5, 5.41) is 13.2. The summed E-state index contributed by atoms with van der Waals surface area (Å²) in [4.78, 5) is 2.43. The van der Waals surface area contributed by atoms with Gasteiger partial charge in [-0.05, 0) is 55.8 Å². The Kier molecular flexibility index (Phi) is 5.92. The number of methoxy groups -OCH3 is 1. The van der Waals surface area contributed by atoms with Crippen LogP contribution in [0, 0.1) is 5.82 Å². The van der Waals surface area contributed by atoms with Gasteiger partial charge in [0.15, 0.2) is 0 Å². The molecule has 1 aliphatic heterocycles. The molecule has 7 nitrogen and oxygen atoms in total. The van der Waals surface area contributed by atoms with Crippen LogP contribution >= 0.6 is 0 Å². The molecule has 170 valence electrons. The van der Waals surface area contributed by atoms with Crippen LogP contribution in [0.3, 0.4) is 0 Å². The molecule has 8 heteroatoms. The van der Waals surface area contributed by atoms with Crippen LogP contribution in [0.5, 0.6) is 5.75 Å². The van der Waals surface area contributed by atoms with E-state index < -0.39 is 0 Å². The number of likely N-dealkylation sites (tertiary alicyclic amines) is 1. The van der Waals surface area contributed by atoms with Gasteiger partial charge in [-0.2, -0.15) is 5.10 Å². The third-order valence-corrected chi connectivity index (χ3v) is 6.26. The Morgan fingerprint density at radius 2 is 1.94 bits per heavy atom. The summed E-state index contributed by atoms with van der Waals surface area (Å²) in [6.07, 6.45) is 5.90. The summed E-state index contributed by atoms with van der Waals surface area (Å²) in [6.45, 7) is 2.63. The molecule has 0 radical (unpaired) electrons. The van der Waals surface area contributed by atoms with Crippen molar-refractivity contribution >= 4 is 0 Å². The Morgan fingerprint density at radius 3 is 2.67 bits per heavy atom. The summed E-state index contributed by atoms with van der Waals surface area (Å²) < 4.78 is 23.5. The van der Waals surface area contributed by atoms with Crippen molar-refractivity contribution in [3.63, 3.8) is 0 Å². The highest BCUT2D eigenvalue weighted by Crippen LogP contribution is 2.30. The highest BCUT2D eigenvalue weighted by Gasteiger charge is 2.26. The number of ether oxygens (including phenoxy) is 1. The van der Waals surface area contributed by atoms with Gasteiger partial charge in [0.25, 0.3) is 0 Å². The number of hydrogen-bond donors (Lipinski definition) is 0. The number of halogens is 1. The van der Waals surface area contributed by atoms with Crippen LogP contribution in [0.25, 0.3) is 16.9 Å². The Hall–Kier alpha value is -3.52. The zero-order chi connectivity index (χ0) is 22.8. The second kappa shape index (κ2) is 9.15. The van der Waals surface area contributed by atoms with Crippen molar-refractivity contribution in [3.05, 3.63) is 78.3 Å². The summed E-state index contributed by atoms with van der Waals surface area (Å²) in [7, 11) is 3.64. The molecule has 0 bridgehead atoms. The van der Waals surface area contributed by atoms with Gasteiger partial charge in [-0.25, -0.2) is 9.07 Å². The zero-order valence-electron chi connectivity index (χ0n) is 18.9. The fourth-order valence-corrected chi connectivity index (χ4v) is 4.59. The first-order valence-corrected chi connectivity index (χ1v) is 11.2. The number of piperidine rings is 1. The minimum Gasteiger partial charge on any atom is -0.497 e. The fourth-order valence-electron chi connectivity index (χ4n) is 4.59. The second-order valence-corrected chi connectivity index (χ2v) is 8.50. The summed E-state index contributed by atoms with van der Waals surface area (Å²) in [5.74, 6) is 1.86. The van der Waals surface area contributed by atoms with E-state index in [0.717, 1.165) is 60.9 Å². The molecule has 1 fully saturated rings. The van der Waals surface area contributed by atoms with Crippen LogP contribution in [0.2, 0.25) is 0 Å². The van der Waals surface area contributed by atoms with E-state index in [0.29, 0.717) is 11.6 Å². The quantitative estimate of drug-likeness (QED) is 0.444. The maximum Gasteiger partial charge on any atom is 0.148 e. The van der Waals surface area contributed by atoms with Crippen molar-refractivity contribution in [2.45, 2.75) is 25.3 Å². The molecule has 1 saturated heterocycles. The van der Waals surface area contributed by atoms with E-state index in [1.54, 1.807) is 30.3 Å². The lowest BCUT2D eigenvalue weighted by molar-refractivity contribution is 0.195. The third-order valence-electron chi connectivity index (χ3n) is 6.26. The molecule has 0 aliphatic carbocycles. The lowest BCUT2D eigenvalue weighted by Crippen LogP contribution is -2.34. The lowest BCUT2D eigenvalue weighted by Gasteiger charge is -2.32. The average Bonchev–Trinajstić information content (AvgIpc) is 3.46. The predicted octanol–water partition coefficient (Wildman–Crippen LogP) is 4.20. The van der Waals surface area contributed by atoms with Crippen LogP contribution < -0.4 is 4.74 Å². The predicted molar refractivity (Wildman–Crippen MR) is 124 cm³/mol. The Balaban J connectivity index is 1.47. The second-order valence-electron chi connectivity index (χ2n) is 8.50. The van der Waals surface area contributed by atoms with Crippen LogP contribution in [0.4, 0.5) is 4.39 Å². The molecule has 1 aliphatic rings. The number of aryl methyl sites for hydroxylation is 1. The van der Waals surface area contributed by atoms with E-state index in [1.807, 2.05) is 48.1 Å². The Bertz CT molecular complexity index is 1230. The molecule has 4 aromatic rings. The maximum atomic E-state index is 14.5. The highest BCUT2D eigenvalue weighted by molar-refractivity contribution is 5.64. The smallest absolute Gasteiger partial charge is 0.148 e. The van der Waals surface area contributed by atoms with Crippen molar-refractivity contribution in [1.82, 2.24) is 29.4 Å². The fraction of sp³-hybridized carbons (Fsp3) is 0.320. The molecule has 2 aromatic heterocycles. The van der Waals surface area contributed by atoms with Crippen molar-refractivity contribution in [1.29, 1.82) is 0 Å². The normalized spacial score (nSPS) is 16.8. The SMILES string of the molecule is COc1ccc(-c2nn(-c3ccccc3F)cc2CN2CCC[C@@H](c3nncn3C)C2)cc1. The van der Waals surface area contributed by atoms with Crippen molar-refractivity contribution in [2.24, 2.45) is 7.05 Å². The molecule has 0 unspecified atom stereocenters. The molecule has 0 spiro atoms. The van der Waals surface area contributed by atoms with Gasteiger partial charge in [0.2, 0.25) is 0 Å². The largest absolute Gasteiger partial charge is 0.497 e. The van der Waals surface area contributed by atoms with E-state index in [1.165, 1.54) is 6.07 Å². The number of rotatable bonds is 6. The van der Waals surface area contributed by atoms with E-state index in [-0.39, 0.29) is 5.82 Å². The van der Waals surface area contributed by atoms with Gasteiger partial charge < -0.3 is 9.30 Å². The van der Waals surface area contributed by atoms with E-state index in [4.69, 9.17) is 9.84 Å². The van der Waals surface area contributed by atoms with Crippen LogP contribution in [-0.2, 0) is 13.6 Å². The van der Waals surface area contributed by atoms with Crippen LogP contribution in [0.1, 0.15) is 30.1 Å². The molecule has 0 saturated carbocycles. The van der Waals surface area contributed by atoms with Gasteiger partial charge in [-0.1, -0.05) is 12.1 Å². The topological polar surface area (TPSA) is 61.0 Å². The Labute approximate surface area is 192 Å². The van der Waals surface area contributed by atoms with Gasteiger partial charge in [-0.15, -0.1) is 10.2 Å². The third kappa shape index (κ3) is 4.39. The first-order valence-electron chi connectivity index (χ1n) is 11.2. The molecule has 2 aromatic carbocycles. The molecule has 0 amide bonds. The first kappa shape index (κ1) is 21.3. The monoisotopic (exact) mass is 446 g/mol. The lowest BCUT2D eigenvalue weighted by atomic mass is 9.96. The van der Waals surface area contributed by atoms with Gasteiger partial charge in [-0.3, -0.25) is 4.90 Å². The van der Waals surface area contributed by atoms with E-state index in [2.05, 4.69) is 15.1 Å². The molecular weight excluding hydrogens is 419 g/mol. The molecule has 1 atom stereocenters. The van der Waals surface area contributed by atoms with Crippen molar-refractivity contribution < 1.29 is 9.13 Å². The van der Waals surface area contributed by atoms with Gasteiger partial charge in [0, 0.05) is 43.4 Å². The standard InChI is InChI=1S/C25H27FN6O/c1-30-17-27-28-25(30)19-6-5-13-31(14-19)15-20-16-32(23-8-4-3-7-22(23)26)29-24(20)18-9-11-21(33-2)12-10-18/h3-4,7-12,16-17,19H,5-6,13-15H2,1-2H3/t19-/m1/s1. The molecule has 3 heterocycles. The molecule has 5 rings (SSSR count). The minimum atomic E-state index is -0.298. The van der Waals surface area contributed by atoms with Crippen LogP contribution in [0.15, 0.2) is 61.1 Å². The summed E-state index contributed by atoms with van der Waals surface area (Å²) in [6, 6.07) is 14.5. The average molecular weight is 447 g/mol. The maximum absolute atomic E-state index is 14.5. The van der Waals surface area contributed by atoms with E-state index in [9.17, 15) is 4.39 Å². The molecule has 0 N–H and O–H groups in total. The zero-order valence-corrected chi connectivity index (χ0v) is 18.9. The van der Waals surface area contributed by atoms with Crippen molar-refractivity contribution in [3.8, 4) is 22.7 Å². The first-order chi connectivity index (χ1) is 16.1. The van der Waals surface area contributed by atoms with Gasteiger partial charge in [0.05, 0.1) is 12.8 Å². The number of aromatic nitrogens is 5. The van der Waals surface area contributed by atoms with E-state index >= 15 is 0 Å². The van der Waals surface area contributed by atoms with Crippen LogP contribution in [-0.4, -0.2) is 49.6 Å². The summed E-state index contributed by atoms with van der Waals surface area (Å²) >= 11 is 0.